The number of ether oxygens (including phenoxy) is 2. The van der Waals surface area contributed by atoms with Crippen molar-refractivity contribution in [2.45, 2.75) is 44.7 Å². The Morgan fingerprint density at radius 2 is 1.76 bits per heavy atom. The maximum atomic E-state index is 13.1. The van der Waals surface area contributed by atoms with Gasteiger partial charge in [-0.3, -0.25) is 9.59 Å². The fraction of sp³-hybridized carbons (Fsp3) is 0.579. The molecule has 0 spiro atoms. The Labute approximate surface area is 148 Å². The summed E-state index contributed by atoms with van der Waals surface area (Å²) < 4.78 is 10.8. The molecule has 2 unspecified atom stereocenters. The molecule has 0 bridgehead atoms. The number of likely N-dealkylation sites (tertiary alicyclic amines) is 2. The fourth-order valence-electron chi connectivity index (χ4n) is 4.04. The Morgan fingerprint density at radius 1 is 1.04 bits per heavy atom. The molecule has 6 heteroatoms. The fourth-order valence-corrected chi connectivity index (χ4v) is 4.04. The molecule has 0 saturated carbocycles. The first-order chi connectivity index (χ1) is 12.1. The summed E-state index contributed by atoms with van der Waals surface area (Å²) in [4.78, 5) is 28.6. The predicted octanol–water partition coefficient (Wildman–Crippen LogP) is 2.38. The van der Waals surface area contributed by atoms with E-state index in [1.165, 1.54) is 0 Å². The van der Waals surface area contributed by atoms with Gasteiger partial charge in [-0.1, -0.05) is 0 Å². The highest BCUT2D eigenvalue weighted by molar-refractivity contribution is 5.88. The van der Waals surface area contributed by atoms with Crippen LogP contribution in [0, 0.1) is 0 Å². The molecule has 2 amide bonds. The number of hydrogen-bond donors (Lipinski definition) is 0. The van der Waals surface area contributed by atoms with Gasteiger partial charge in [0, 0.05) is 31.6 Å². The minimum atomic E-state index is -0.317. The maximum Gasteiger partial charge on any atom is 0.245 e. The molecule has 6 nitrogen and oxygen atoms in total. The van der Waals surface area contributed by atoms with E-state index in [1.807, 2.05) is 23.1 Å². The summed E-state index contributed by atoms with van der Waals surface area (Å²) in [6.45, 7) is 2.94. The number of rotatable bonds is 4. The quantitative estimate of drug-likeness (QED) is 0.840. The molecule has 0 aromatic heterocycles. The molecule has 2 atom stereocenters. The Balaban J connectivity index is 1.85. The van der Waals surface area contributed by atoms with Gasteiger partial charge >= 0.3 is 0 Å². The summed E-state index contributed by atoms with van der Waals surface area (Å²) in [6.07, 6.45) is 3.50. The number of nitrogens with zero attached hydrogens (tertiary/aromatic N) is 2. The van der Waals surface area contributed by atoms with Gasteiger partial charge in [-0.05, 0) is 37.8 Å². The zero-order chi connectivity index (χ0) is 18.0. The smallest absolute Gasteiger partial charge is 0.245 e. The van der Waals surface area contributed by atoms with Gasteiger partial charge in [0.2, 0.25) is 11.8 Å². The highest BCUT2D eigenvalue weighted by Gasteiger charge is 2.40. The highest BCUT2D eigenvalue weighted by Crippen LogP contribution is 2.39. The maximum absolute atomic E-state index is 13.1. The Bertz CT molecular complexity index is 661. The van der Waals surface area contributed by atoms with Crippen LogP contribution in [-0.2, 0) is 9.59 Å². The van der Waals surface area contributed by atoms with E-state index in [0.717, 1.165) is 49.3 Å². The largest absolute Gasteiger partial charge is 0.497 e. The van der Waals surface area contributed by atoms with Crippen molar-refractivity contribution in [2.75, 3.05) is 27.3 Å². The van der Waals surface area contributed by atoms with Crippen molar-refractivity contribution in [1.29, 1.82) is 0 Å². The average Bonchev–Trinajstić information content (AvgIpc) is 3.29. The molecular weight excluding hydrogens is 320 g/mol. The molecule has 2 saturated heterocycles. The van der Waals surface area contributed by atoms with E-state index in [2.05, 4.69) is 0 Å². The van der Waals surface area contributed by atoms with E-state index in [4.69, 9.17) is 9.47 Å². The Morgan fingerprint density at radius 3 is 2.44 bits per heavy atom. The molecule has 2 fully saturated rings. The zero-order valence-corrected chi connectivity index (χ0v) is 15.2. The van der Waals surface area contributed by atoms with Crippen molar-refractivity contribution in [2.24, 2.45) is 0 Å². The third-order valence-corrected chi connectivity index (χ3v) is 5.28. The van der Waals surface area contributed by atoms with Crippen molar-refractivity contribution in [1.82, 2.24) is 9.80 Å². The summed E-state index contributed by atoms with van der Waals surface area (Å²) in [5, 5.41) is 0. The SMILES string of the molecule is COc1ccc(C2CCCN2C(=O)C2CCCN2C(C)=O)c(OC)c1. The third kappa shape index (κ3) is 3.30. The van der Waals surface area contributed by atoms with E-state index < -0.39 is 0 Å². The number of methoxy groups -OCH3 is 2. The summed E-state index contributed by atoms with van der Waals surface area (Å²) >= 11 is 0. The van der Waals surface area contributed by atoms with Crippen LogP contribution in [0.2, 0.25) is 0 Å². The molecule has 2 aliphatic heterocycles. The molecule has 2 heterocycles. The lowest BCUT2D eigenvalue weighted by Gasteiger charge is -2.31. The predicted molar refractivity (Wildman–Crippen MR) is 93.6 cm³/mol. The zero-order valence-electron chi connectivity index (χ0n) is 15.2. The molecule has 0 radical (unpaired) electrons. The average molecular weight is 346 g/mol. The second kappa shape index (κ2) is 7.33. The number of benzene rings is 1. The Hall–Kier alpha value is -2.24. The van der Waals surface area contributed by atoms with Crippen LogP contribution in [0.3, 0.4) is 0 Å². The highest BCUT2D eigenvalue weighted by atomic mass is 16.5. The minimum absolute atomic E-state index is 0.0113. The van der Waals surface area contributed by atoms with Gasteiger partial charge in [-0.25, -0.2) is 0 Å². The van der Waals surface area contributed by atoms with Gasteiger partial charge in [0.15, 0.2) is 0 Å². The first-order valence-corrected chi connectivity index (χ1v) is 8.86. The van der Waals surface area contributed by atoms with Crippen molar-refractivity contribution in [3.8, 4) is 11.5 Å². The molecule has 2 aliphatic rings. The summed E-state index contributed by atoms with van der Waals surface area (Å²) in [6, 6.07) is 5.40. The molecule has 136 valence electrons. The number of carbonyl (C=O) groups excluding carboxylic acids is 2. The lowest BCUT2D eigenvalue weighted by atomic mass is 10.0. The lowest BCUT2D eigenvalue weighted by molar-refractivity contribution is -0.143. The van der Waals surface area contributed by atoms with Gasteiger partial charge < -0.3 is 19.3 Å². The van der Waals surface area contributed by atoms with Crippen LogP contribution in [-0.4, -0.2) is 55.0 Å². The number of hydrogen-bond acceptors (Lipinski definition) is 4. The van der Waals surface area contributed by atoms with E-state index in [9.17, 15) is 9.59 Å². The van der Waals surface area contributed by atoms with Crippen LogP contribution in [0.15, 0.2) is 18.2 Å². The Kier molecular flexibility index (Phi) is 5.16. The van der Waals surface area contributed by atoms with Crippen molar-refractivity contribution in [3.05, 3.63) is 23.8 Å². The standard InChI is InChI=1S/C19H26N2O4/c1-13(22)20-10-5-7-17(20)19(23)21-11-4-6-16(21)15-9-8-14(24-2)12-18(15)25-3/h8-9,12,16-17H,4-7,10-11H2,1-3H3. The second-order valence-corrected chi connectivity index (χ2v) is 6.67. The van der Waals surface area contributed by atoms with Crippen LogP contribution in [0.4, 0.5) is 0 Å². The second-order valence-electron chi connectivity index (χ2n) is 6.67. The molecule has 1 aromatic carbocycles. The van der Waals surface area contributed by atoms with Gasteiger partial charge in [0.05, 0.1) is 20.3 Å². The van der Waals surface area contributed by atoms with Crippen molar-refractivity contribution >= 4 is 11.8 Å². The lowest BCUT2D eigenvalue weighted by Crippen LogP contribution is -2.47. The van der Waals surface area contributed by atoms with E-state index in [1.54, 1.807) is 26.0 Å². The molecule has 25 heavy (non-hydrogen) atoms. The van der Waals surface area contributed by atoms with E-state index in [0.29, 0.717) is 6.54 Å². The normalized spacial score (nSPS) is 23.0. The van der Waals surface area contributed by atoms with Crippen LogP contribution in [0.25, 0.3) is 0 Å². The van der Waals surface area contributed by atoms with Crippen molar-refractivity contribution < 1.29 is 19.1 Å². The summed E-state index contributed by atoms with van der Waals surface area (Å²) in [7, 11) is 3.25. The van der Waals surface area contributed by atoms with Crippen molar-refractivity contribution in [3.63, 3.8) is 0 Å². The number of amides is 2. The summed E-state index contributed by atoms with van der Waals surface area (Å²) in [5.41, 5.74) is 1.00. The van der Waals surface area contributed by atoms with Gasteiger partial charge in [0.25, 0.3) is 0 Å². The molecule has 0 N–H and O–H groups in total. The monoisotopic (exact) mass is 346 g/mol. The molecule has 3 rings (SSSR count). The van der Waals surface area contributed by atoms with E-state index >= 15 is 0 Å². The van der Waals surface area contributed by atoms with Gasteiger partial charge in [-0.2, -0.15) is 0 Å². The van der Waals surface area contributed by atoms with E-state index in [-0.39, 0.29) is 23.9 Å². The third-order valence-electron chi connectivity index (χ3n) is 5.28. The van der Waals surface area contributed by atoms with Crippen LogP contribution >= 0.6 is 0 Å². The summed E-state index contributed by atoms with van der Waals surface area (Å²) in [5.74, 6) is 1.51. The first kappa shape index (κ1) is 17.6. The molecule has 1 aromatic rings. The molecule has 0 aliphatic carbocycles. The topological polar surface area (TPSA) is 59.1 Å². The van der Waals surface area contributed by atoms with Gasteiger partial charge in [-0.15, -0.1) is 0 Å². The minimum Gasteiger partial charge on any atom is -0.497 e. The number of carbonyl (C=O) groups is 2. The van der Waals surface area contributed by atoms with Crippen LogP contribution < -0.4 is 9.47 Å². The van der Waals surface area contributed by atoms with Crippen LogP contribution in [0.5, 0.6) is 11.5 Å². The van der Waals surface area contributed by atoms with Crippen LogP contribution in [0.1, 0.15) is 44.2 Å². The first-order valence-electron chi connectivity index (χ1n) is 8.86. The molecular formula is C19H26N2O4. The van der Waals surface area contributed by atoms with Gasteiger partial charge in [0.1, 0.15) is 17.5 Å².